The maximum atomic E-state index is 13.0. The van der Waals surface area contributed by atoms with E-state index in [1.54, 1.807) is 24.3 Å². The van der Waals surface area contributed by atoms with E-state index in [4.69, 9.17) is 0 Å². The number of amides is 2. The van der Waals surface area contributed by atoms with Gasteiger partial charge in [0.15, 0.2) is 0 Å². The highest BCUT2D eigenvalue weighted by Crippen LogP contribution is 2.25. The zero-order chi connectivity index (χ0) is 21.7. The number of hydrogen-bond donors (Lipinski definition) is 2. The molecule has 0 aromatic heterocycles. The summed E-state index contributed by atoms with van der Waals surface area (Å²) in [6.45, 7) is 9.71. The number of benzene rings is 2. The molecule has 2 amide bonds. The SMILES string of the molecule is CC(C)N(C(=O)c1cccc(C(=O)N[C@H]2CNCC[C@@H]2c2ccccc2)c1)C(C)C. The van der Waals surface area contributed by atoms with Crippen molar-refractivity contribution in [3.05, 3.63) is 71.3 Å². The largest absolute Gasteiger partial charge is 0.347 e. The third-order valence-electron chi connectivity index (χ3n) is 5.75. The molecule has 1 fully saturated rings. The Morgan fingerprint density at radius 3 is 2.30 bits per heavy atom. The molecule has 1 aliphatic rings. The Morgan fingerprint density at radius 2 is 1.63 bits per heavy atom. The van der Waals surface area contributed by atoms with Gasteiger partial charge in [0.1, 0.15) is 0 Å². The molecule has 160 valence electrons. The van der Waals surface area contributed by atoms with E-state index in [0.29, 0.717) is 11.1 Å². The Hall–Kier alpha value is -2.66. The van der Waals surface area contributed by atoms with Crippen molar-refractivity contribution in [3.8, 4) is 0 Å². The van der Waals surface area contributed by atoms with Gasteiger partial charge in [-0.2, -0.15) is 0 Å². The third-order valence-corrected chi connectivity index (χ3v) is 5.75. The standard InChI is InChI=1S/C25H33N3O2/c1-17(2)28(18(3)4)25(30)21-12-8-11-20(15-21)24(29)27-23-16-26-14-13-22(23)19-9-6-5-7-10-19/h5-12,15,17-18,22-23,26H,13-14,16H2,1-4H3,(H,27,29)/t22-,23+/m1/s1. The van der Waals surface area contributed by atoms with Crippen LogP contribution in [0.5, 0.6) is 0 Å². The van der Waals surface area contributed by atoms with Crippen molar-refractivity contribution >= 4 is 11.8 Å². The van der Waals surface area contributed by atoms with Crippen LogP contribution >= 0.6 is 0 Å². The minimum atomic E-state index is -0.139. The van der Waals surface area contributed by atoms with Gasteiger partial charge in [-0.3, -0.25) is 9.59 Å². The van der Waals surface area contributed by atoms with Gasteiger partial charge in [0.05, 0.1) is 0 Å². The van der Waals surface area contributed by atoms with Gasteiger partial charge in [0.25, 0.3) is 11.8 Å². The van der Waals surface area contributed by atoms with Crippen LogP contribution in [-0.2, 0) is 0 Å². The van der Waals surface area contributed by atoms with Crippen molar-refractivity contribution in [1.82, 2.24) is 15.5 Å². The van der Waals surface area contributed by atoms with E-state index in [2.05, 4.69) is 22.8 Å². The van der Waals surface area contributed by atoms with E-state index < -0.39 is 0 Å². The van der Waals surface area contributed by atoms with Crippen LogP contribution < -0.4 is 10.6 Å². The van der Waals surface area contributed by atoms with Gasteiger partial charge in [0.2, 0.25) is 0 Å². The van der Waals surface area contributed by atoms with Crippen LogP contribution in [-0.4, -0.2) is 47.9 Å². The number of hydrogen-bond acceptors (Lipinski definition) is 3. The Morgan fingerprint density at radius 1 is 0.967 bits per heavy atom. The normalized spacial score (nSPS) is 19.0. The quantitative estimate of drug-likeness (QED) is 0.765. The van der Waals surface area contributed by atoms with Gasteiger partial charge in [0, 0.05) is 41.7 Å². The zero-order valence-electron chi connectivity index (χ0n) is 18.4. The molecule has 5 heteroatoms. The van der Waals surface area contributed by atoms with E-state index >= 15 is 0 Å². The number of piperidine rings is 1. The molecule has 30 heavy (non-hydrogen) atoms. The lowest BCUT2D eigenvalue weighted by Crippen LogP contribution is -2.50. The predicted octanol–water partition coefficient (Wildman–Crippen LogP) is 3.82. The average Bonchev–Trinajstić information content (AvgIpc) is 2.74. The van der Waals surface area contributed by atoms with Crippen molar-refractivity contribution in [2.45, 2.75) is 58.2 Å². The molecule has 3 rings (SSSR count). The van der Waals surface area contributed by atoms with Gasteiger partial charge in [-0.1, -0.05) is 36.4 Å². The molecule has 2 aromatic carbocycles. The molecule has 1 heterocycles. The molecule has 0 saturated carbocycles. The summed E-state index contributed by atoms with van der Waals surface area (Å²) < 4.78 is 0. The summed E-state index contributed by atoms with van der Waals surface area (Å²) in [6.07, 6.45) is 0.977. The molecule has 0 aliphatic carbocycles. The predicted molar refractivity (Wildman–Crippen MR) is 121 cm³/mol. The number of carbonyl (C=O) groups excluding carboxylic acids is 2. The average molecular weight is 408 g/mol. The topological polar surface area (TPSA) is 61.4 Å². The number of rotatable bonds is 6. The van der Waals surface area contributed by atoms with Crippen molar-refractivity contribution in [2.75, 3.05) is 13.1 Å². The molecule has 1 aliphatic heterocycles. The van der Waals surface area contributed by atoms with Crippen molar-refractivity contribution in [3.63, 3.8) is 0 Å². The van der Waals surface area contributed by atoms with Crippen LogP contribution in [0, 0.1) is 0 Å². The molecule has 2 atom stereocenters. The highest BCUT2D eigenvalue weighted by molar-refractivity contribution is 6.00. The maximum absolute atomic E-state index is 13.0. The Labute approximate surface area is 179 Å². The van der Waals surface area contributed by atoms with Gasteiger partial charge in [-0.15, -0.1) is 0 Å². The summed E-state index contributed by atoms with van der Waals surface area (Å²) in [5.41, 5.74) is 2.31. The lowest BCUT2D eigenvalue weighted by molar-refractivity contribution is 0.0643. The number of carbonyl (C=O) groups is 2. The van der Waals surface area contributed by atoms with Gasteiger partial charge in [-0.05, 0) is 64.4 Å². The molecular formula is C25H33N3O2. The summed E-state index contributed by atoms with van der Waals surface area (Å²) in [7, 11) is 0. The van der Waals surface area contributed by atoms with E-state index in [1.807, 2.05) is 50.8 Å². The second-order valence-corrected chi connectivity index (χ2v) is 8.57. The Kier molecular flexibility index (Phi) is 7.27. The second-order valence-electron chi connectivity index (χ2n) is 8.57. The molecule has 0 bridgehead atoms. The first-order valence-electron chi connectivity index (χ1n) is 10.9. The maximum Gasteiger partial charge on any atom is 0.254 e. The van der Waals surface area contributed by atoms with Crippen molar-refractivity contribution < 1.29 is 9.59 Å². The molecule has 1 saturated heterocycles. The van der Waals surface area contributed by atoms with Gasteiger partial charge >= 0.3 is 0 Å². The summed E-state index contributed by atoms with van der Waals surface area (Å²) in [6, 6.07) is 17.6. The summed E-state index contributed by atoms with van der Waals surface area (Å²) in [5, 5.41) is 6.58. The highest BCUT2D eigenvalue weighted by Gasteiger charge is 2.28. The lowest BCUT2D eigenvalue weighted by atomic mass is 9.86. The Bertz CT molecular complexity index is 856. The summed E-state index contributed by atoms with van der Waals surface area (Å²) >= 11 is 0. The van der Waals surface area contributed by atoms with Crippen LogP contribution in [0.2, 0.25) is 0 Å². The first-order valence-corrected chi connectivity index (χ1v) is 10.9. The smallest absolute Gasteiger partial charge is 0.254 e. The van der Waals surface area contributed by atoms with E-state index in [-0.39, 0.29) is 35.9 Å². The van der Waals surface area contributed by atoms with E-state index in [0.717, 1.165) is 19.5 Å². The Balaban J connectivity index is 1.77. The van der Waals surface area contributed by atoms with Crippen LogP contribution in [0.15, 0.2) is 54.6 Å². The first kappa shape index (κ1) is 22.0. The second kappa shape index (κ2) is 9.90. The molecular weight excluding hydrogens is 374 g/mol. The summed E-state index contributed by atoms with van der Waals surface area (Å²) in [5.74, 6) is 0.0923. The van der Waals surface area contributed by atoms with Gasteiger partial charge in [-0.25, -0.2) is 0 Å². The monoisotopic (exact) mass is 407 g/mol. The fourth-order valence-corrected chi connectivity index (χ4v) is 4.37. The minimum Gasteiger partial charge on any atom is -0.347 e. The van der Waals surface area contributed by atoms with Crippen LogP contribution in [0.1, 0.15) is 66.3 Å². The number of nitrogens with one attached hydrogen (secondary N) is 2. The molecule has 0 spiro atoms. The summed E-state index contributed by atoms with van der Waals surface area (Å²) in [4.78, 5) is 27.9. The van der Waals surface area contributed by atoms with Crippen molar-refractivity contribution in [2.24, 2.45) is 0 Å². The van der Waals surface area contributed by atoms with Crippen molar-refractivity contribution in [1.29, 1.82) is 0 Å². The van der Waals surface area contributed by atoms with Crippen LogP contribution in [0.3, 0.4) is 0 Å². The number of nitrogens with zero attached hydrogens (tertiary/aromatic N) is 1. The fourth-order valence-electron chi connectivity index (χ4n) is 4.37. The van der Waals surface area contributed by atoms with Crippen LogP contribution in [0.4, 0.5) is 0 Å². The highest BCUT2D eigenvalue weighted by atomic mass is 16.2. The zero-order valence-corrected chi connectivity index (χ0v) is 18.4. The lowest BCUT2D eigenvalue weighted by Gasteiger charge is -2.33. The first-order chi connectivity index (χ1) is 14.4. The van der Waals surface area contributed by atoms with Crippen LogP contribution in [0.25, 0.3) is 0 Å². The third kappa shape index (κ3) is 5.08. The molecule has 2 N–H and O–H groups in total. The fraction of sp³-hybridized carbons (Fsp3) is 0.440. The van der Waals surface area contributed by atoms with E-state index in [9.17, 15) is 9.59 Å². The molecule has 5 nitrogen and oxygen atoms in total. The molecule has 2 aromatic rings. The molecule has 0 unspecified atom stereocenters. The van der Waals surface area contributed by atoms with Gasteiger partial charge < -0.3 is 15.5 Å². The molecule has 0 radical (unpaired) electrons. The van der Waals surface area contributed by atoms with E-state index in [1.165, 1.54) is 5.56 Å². The minimum absolute atomic E-state index is 0.0100.